The first-order valence-electron chi connectivity index (χ1n) is 3.54. The van der Waals surface area contributed by atoms with Gasteiger partial charge in [0.1, 0.15) is 0 Å². The standard InChI is InChI=1S/C7H15NOS/c1-7(2,10-3)8-4-6(9)5-8/h6,9H,4-5H2,1-3H3. The molecule has 0 saturated carbocycles. The highest BCUT2D eigenvalue weighted by molar-refractivity contribution is 7.99. The molecule has 0 atom stereocenters. The highest BCUT2D eigenvalue weighted by Crippen LogP contribution is 2.30. The number of β-amino-alcohol motifs (C(OH)–C–C–N with tert-alkyl or cyclic N) is 1. The Labute approximate surface area is 66.6 Å². The van der Waals surface area contributed by atoms with Crippen LogP contribution < -0.4 is 0 Å². The molecule has 0 spiro atoms. The zero-order valence-corrected chi connectivity index (χ0v) is 7.61. The van der Waals surface area contributed by atoms with Crippen molar-refractivity contribution in [3.8, 4) is 0 Å². The van der Waals surface area contributed by atoms with Crippen LogP contribution in [0.5, 0.6) is 0 Å². The Hall–Kier alpha value is 0.270. The van der Waals surface area contributed by atoms with Crippen molar-refractivity contribution in [1.29, 1.82) is 0 Å². The molecule has 0 aliphatic carbocycles. The van der Waals surface area contributed by atoms with Gasteiger partial charge in [0.25, 0.3) is 0 Å². The Morgan fingerprint density at radius 2 is 2.00 bits per heavy atom. The maximum absolute atomic E-state index is 9.03. The van der Waals surface area contributed by atoms with E-state index in [1.807, 2.05) is 11.8 Å². The number of likely N-dealkylation sites (tertiary alicyclic amines) is 1. The molecule has 1 rings (SSSR count). The smallest absolute Gasteiger partial charge is 0.0794 e. The van der Waals surface area contributed by atoms with Crippen LogP contribution in [0.4, 0.5) is 0 Å². The third kappa shape index (κ3) is 1.47. The molecule has 2 nitrogen and oxygen atoms in total. The topological polar surface area (TPSA) is 23.5 Å². The minimum Gasteiger partial charge on any atom is -0.390 e. The summed E-state index contributed by atoms with van der Waals surface area (Å²) >= 11 is 1.83. The maximum Gasteiger partial charge on any atom is 0.0794 e. The average Bonchev–Trinajstić information content (AvgIpc) is 1.81. The summed E-state index contributed by atoms with van der Waals surface area (Å²) in [5.74, 6) is 0. The zero-order chi connectivity index (χ0) is 7.78. The van der Waals surface area contributed by atoms with Crippen molar-refractivity contribution in [2.45, 2.75) is 24.8 Å². The molecular formula is C7H15NOS. The molecule has 60 valence electrons. The van der Waals surface area contributed by atoms with Crippen molar-refractivity contribution in [3.63, 3.8) is 0 Å². The van der Waals surface area contributed by atoms with Crippen LogP contribution in [0.1, 0.15) is 13.8 Å². The largest absolute Gasteiger partial charge is 0.390 e. The number of hydrogen-bond acceptors (Lipinski definition) is 3. The van der Waals surface area contributed by atoms with Crippen molar-refractivity contribution < 1.29 is 5.11 Å². The molecule has 0 aromatic rings. The fourth-order valence-electron chi connectivity index (χ4n) is 1.02. The van der Waals surface area contributed by atoms with E-state index in [1.165, 1.54) is 0 Å². The second kappa shape index (κ2) is 2.72. The Morgan fingerprint density at radius 3 is 2.30 bits per heavy atom. The molecule has 1 fully saturated rings. The molecule has 0 unspecified atom stereocenters. The van der Waals surface area contributed by atoms with Crippen molar-refractivity contribution in [1.82, 2.24) is 4.90 Å². The third-order valence-electron chi connectivity index (χ3n) is 2.12. The molecular weight excluding hydrogens is 146 g/mol. The van der Waals surface area contributed by atoms with Crippen molar-refractivity contribution in [3.05, 3.63) is 0 Å². The molecule has 0 radical (unpaired) electrons. The summed E-state index contributed by atoms with van der Waals surface area (Å²) in [6.45, 7) is 6.05. The van der Waals surface area contributed by atoms with Gasteiger partial charge in [0.05, 0.1) is 11.0 Å². The van der Waals surface area contributed by atoms with Crippen molar-refractivity contribution in [2.75, 3.05) is 19.3 Å². The quantitative estimate of drug-likeness (QED) is 0.647. The summed E-state index contributed by atoms with van der Waals surface area (Å²) in [6, 6.07) is 0. The van der Waals surface area contributed by atoms with Crippen LogP contribution in [0.25, 0.3) is 0 Å². The van der Waals surface area contributed by atoms with E-state index < -0.39 is 0 Å². The number of nitrogens with zero attached hydrogens (tertiary/aromatic N) is 1. The van der Waals surface area contributed by atoms with E-state index in [-0.39, 0.29) is 11.0 Å². The van der Waals surface area contributed by atoms with E-state index in [2.05, 4.69) is 25.0 Å². The number of thioether (sulfide) groups is 1. The Kier molecular flexibility index (Phi) is 2.28. The highest BCUT2D eigenvalue weighted by atomic mass is 32.2. The lowest BCUT2D eigenvalue weighted by molar-refractivity contribution is -0.0257. The van der Waals surface area contributed by atoms with Gasteiger partial charge in [-0.3, -0.25) is 4.90 Å². The lowest BCUT2D eigenvalue weighted by Crippen LogP contribution is -2.58. The fourth-order valence-corrected chi connectivity index (χ4v) is 1.43. The van der Waals surface area contributed by atoms with E-state index in [1.54, 1.807) is 0 Å². The van der Waals surface area contributed by atoms with E-state index in [0.717, 1.165) is 13.1 Å². The van der Waals surface area contributed by atoms with Gasteiger partial charge in [0, 0.05) is 13.1 Å². The van der Waals surface area contributed by atoms with E-state index in [0.29, 0.717) is 0 Å². The van der Waals surface area contributed by atoms with Crippen LogP contribution in [-0.4, -0.2) is 40.3 Å². The maximum atomic E-state index is 9.03. The van der Waals surface area contributed by atoms with Gasteiger partial charge in [-0.2, -0.15) is 0 Å². The molecule has 0 bridgehead atoms. The van der Waals surface area contributed by atoms with Gasteiger partial charge in [-0.05, 0) is 20.1 Å². The van der Waals surface area contributed by atoms with Crippen LogP contribution in [-0.2, 0) is 0 Å². The average molecular weight is 161 g/mol. The van der Waals surface area contributed by atoms with Crippen LogP contribution in [0.15, 0.2) is 0 Å². The predicted molar refractivity (Wildman–Crippen MR) is 45.2 cm³/mol. The minimum atomic E-state index is -0.0774. The van der Waals surface area contributed by atoms with Gasteiger partial charge in [-0.25, -0.2) is 0 Å². The molecule has 0 aromatic carbocycles. The number of aliphatic hydroxyl groups excluding tert-OH is 1. The van der Waals surface area contributed by atoms with Gasteiger partial charge in [-0.15, -0.1) is 11.8 Å². The summed E-state index contributed by atoms with van der Waals surface area (Å²) in [7, 11) is 0. The summed E-state index contributed by atoms with van der Waals surface area (Å²) in [4.78, 5) is 2.49. The van der Waals surface area contributed by atoms with Crippen LogP contribution in [0.3, 0.4) is 0 Å². The number of aliphatic hydroxyl groups is 1. The van der Waals surface area contributed by atoms with Crippen LogP contribution in [0, 0.1) is 0 Å². The molecule has 1 N–H and O–H groups in total. The van der Waals surface area contributed by atoms with E-state index in [4.69, 9.17) is 5.11 Å². The van der Waals surface area contributed by atoms with Gasteiger partial charge in [0.15, 0.2) is 0 Å². The Bertz CT molecular complexity index is 121. The summed E-state index contributed by atoms with van der Waals surface area (Å²) in [6.07, 6.45) is 2.02. The first-order chi connectivity index (χ1) is 4.56. The Morgan fingerprint density at radius 1 is 1.50 bits per heavy atom. The van der Waals surface area contributed by atoms with Crippen molar-refractivity contribution >= 4 is 11.8 Å². The second-order valence-electron chi connectivity index (χ2n) is 3.21. The molecule has 1 saturated heterocycles. The summed E-state index contributed by atoms with van der Waals surface area (Å²) < 4.78 is 0. The molecule has 10 heavy (non-hydrogen) atoms. The van der Waals surface area contributed by atoms with Crippen LogP contribution >= 0.6 is 11.8 Å². The minimum absolute atomic E-state index is 0.0774. The van der Waals surface area contributed by atoms with E-state index >= 15 is 0 Å². The molecule has 0 aromatic heterocycles. The van der Waals surface area contributed by atoms with Gasteiger partial charge in [-0.1, -0.05) is 0 Å². The third-order valence-corrected chi connectivity index (χ3v) is 3.38. The monoisotopic (exact) mass is 161 g/mol. The summed E-state index contributed by atoms with van der Waals surface area (Å²) in [5, 5.41) is 9.03. The van der Waals surface area contributed by atoms with Crippen LogP contribution in [0.2, 0.25) is 0 Å². The molecule has 3 heteroatoms. The molecule has 1 heterocycles. The van der Waals surface area contributed by atoms with Gasteiger partial charge < -0.3 is 5.11 Å². The van der Waals surface area contributed by atoms with Gasteiger partial charge >= 0.3 is 0 Å². The SMILES string of the molecule is CSC(C)(C)N1CC(O)C1. The van der Waals surface area contributed by atoms with Gasteiger partial charge in [0.2, 0.25) is 0 Å². The first-order valence-corrected chi connectivity index (χ1v) is 4.77. The number of hydrogen-bond donors (Lipinski definition) is 1. The summed E-state index contributed by atoms with van der Waals surface area (Å²) in [5.41, 5.74) is 0. The number of rotatable bonds is 2. The lowest BCUT2D eigenvalue weighted by Gasteiger charge is -2.46. The molecule has 1 aliphatic heterocycles. The Balaban J connectivity index is 2.36. The highest BCUT2D eigenvalue weighted by Gasteiger charge is 2.35. The molecule has 0 amide bonds. The lowest BCUT2D eigenvalue weighted by atomic mass is 10.1. The first kappa shape index (κ1) is 8.37. The van der Waals surface area contributed by atoms with E-state index in [9.17, 15) is 0 Å². The second-order valence-corrected chi connectivity index (χ2v) is 4.62. The van der Waals surface area contributed by atoms with Crippen molar-refractivity contribution in [2.24, 2.45) is 0 Å². The normalized spacial score (nSPS) is 22.8. The fraction of sp³-hybridized carbons (Fsp3) is 1.00. The predicted octanol–water partition coefficient (Wildman–Crippen LogP) is 0.762. The zero-order valence-electron chi connectivity index (χ0n) is 6.79. The molecule has 1 aliphatic rings.